The average molecular weight is 194 g/mol. The number of hydrogen-bond acceptors (Lipinski definition) is 1. The van der Waals surface area contributed by atoms with E-state index >= 15 is 0 Å². The molecule has 0 heterocycles. The predicted molar refractivity (Wildman–Crippen MR) is 60.2 cm³/mol. The van der Waals surface area contributed by atoms with Crippen LogP contribution in [0.5, 0.6) is 0 Å². The van der Waals surface area contributed by atoms with Crippen LogP contribution in [-0.4, -0.2) is 5.78 Å². The van der Waals surface area contributed by atoms with Gasteiger partial charge in [-0.1, -0.05) is 46.1 Å². The monoisotopic (exact) mass is 194 g/mol. The van der Waals surface area contributed by atoms with Crippen LogP contribution in [0, 0.1) is 5.41 Å². The lowest BCUT2D eigenvalue weighted by Gasteiger charge is -2.21. The van der Waals surface area contributed by atoms with Crippen molar-refractivity contribution in [1.82, 2.24) is 0 Å². The second-order valence-corrected chi connectivity index (χ2v) is 4.94. The van der Waals surface area contributed by atoms with E-state index in [1.54, 1.807) is 0 Å². The fourth-order valence-corrected chi connectivity index (χ4v) is 2.47. The Labute approximate surface area is 87.6 Å². The van der Waals surface area contributed by atoms with Crippen LogP contribution in [0.3, 0.4) is 0 Å². The van der Waals surface area contributed by atoms with Crippen molar-refractivity contribution in [1.29, 1.82) is 0 Å². The molecule has 0 fully saturated rings. The second-order valence-electron chi connectivity index (χ2n) is 4.94. The van der Waals surface area contributed by atoms with Gasteiger partial charge >= 0.3 is 0 Å². The molecule has 1 aliphatic rings. The van der Waals surface area contributed by atoms with E-state index in [4.69, 9.17) is 0 Å². The van der Waals surface area contributed by atoms with Gasteiger partial charge in [-0.15, -0.1) is 0 Å². The average Bonchev–Trinajstić information content (AvgIpc) is 2.28. The zero-order valence-electron chi connectivity index (χ0n) is 9.94. The first-order chi connectivity index (χ1) is 6.53. The molecular formula is C13H22O. The zero-order chi connectivity index (χ0) is 10.8. The predicted octanol–water partition coefficient (Wildman–Crippen LogP) is 3.88. The molecule has 0 radical (unpaired) electrons. The fraction of sp³-hybridized carbons (Fsp3) is 0.769. The zero-order valence-corrected chi connectivity index (χ0v) is 9.94. The maximum Gasteiger partial charge on any atom is 0.159 e. The van der Waals surface area contributed by atoms with Crippen molar-refractivity contribution in [2.45, 2.75) is 59.8 Å². The minimum atomic E-state index is 0.137. The molecule has 0 bridgehead atoms. The van der Waals surface area contributed by atoms with Crippen molar-refractivity contribution in [2.75, 3.05) is 0 Å². The quantitative estimate of drug-likeness (QED) is 0.663. The highest BCUT2D eigenvalue weighted by atomic mass is 16.1. The Kier molecular flexibility index (Phi) is 3.52. The Morgan fingerprint density at radius 2 is 1.71 bits per heavy atom. The van der Waals surface area contributed by atoms with Crippen LogP contribution in [-0.2, 0) is 4.79 Å². The molecule has 0 amide bonds. The lowest BCUT2D eigenvalue weighted by atomic mass is 9.83. The van der Waals surface area contributed by atoms with E-state index in [1.807, 2.05) is 0 Å². The van der Waals surface area contributed by atoms with Gasteiger partial charge in [-0.05, 0) is 23.8 Å². The van der Waals surface area contributed by atoms with Gasteiger partial charge in [0.2, 0.25) is 0 Å². The summed E-state index contributed by atoms with van der Waals surface area (Å²) in [5.74, 6) is 0.403. The van der Waals surface area contributed by atoms with Gasteiger partial charge in [0.1, 0.15) is 0 Å². The van der Waals surface area contributed by atoms with Gasteiger partial charge < -0.3 is 0 Å². The van der Waals surface area contributed by atoms with Crippen LogP contribution in [0.1, 0.15) is 59.8 Å². The normalized spacial score (nSPS) is 20.7. The molecule has 0 N–H and O–H groups in total. The number of ketones is 1. The molecule has 0 aliphatic heterocycles. The molecule has 14 heavy (non-hydrogen) atoms. The van der Waals surface area contributed by atoms with Gasteiger partial charge in [0.05, 0.1) is 0 Å². The molecule has 1 heteroatoms. The summed E-state index contributed by atoms with van der Waals surface area (Å²) in [7, 11) is 0. The summed E-state index contributed by atoms with van der Waals surface area (Å²) in [6, 6.07) is 0. The molecule has 0 saturated carbocycles. The molecule has 80 valence electrons. The van der Waals surface area contributed by atoms with E-state index in [9.17, 15) is 4.79 Å². The van der Waals surface area contributed by atoms with Crippen LogP contribution >= 0.6 is 0 Å². The Hall–Kier alpha value is -0.590. The highest BCUT2D eigenvalue weighted by Gasteiger charge is 2.36. The summed E-state index contributed by atoms with van der Waals surface area (Å²) < 4.78 is 0. The van der Waals surface area contributed by atoms with E-state index in [0.29, 0.717) is 5.78 Å². The summed E-state index contributed by atoms with van der Waals surface area (Å²) >= 11 is 0. The van der Waals surface area contributed by atoms with E-state index in [2.05, 4.69) is 27.7 Å². The largest absolute Gasteiger partial charge is 0.295 e. The molecule has 0 aromatic heterocycles. The molecule has 0 atom stereocenters. The first kappa shape index (κ1) is 11.5. The van der Waals surface area contributed by atoms with Gasteiger partial charge in [0, 0.05) is 6.42 Å². The smallest absolute Gasteiger partial charge is 0.159 e. The molecule has 0 unspecified atom stereocenters. The van der Waals surface area contributed by atoms with Crippen LogP contribution < -0.4 is 0 Å². The van der Waals surface area contributed by atoms with Gasteiger partial charge in [-0.25, -0.2) is 0 Å². The number of rotatable bonds is 4. The van der Waals surface area contributed by atoms with Crippen molar-refractivity contribution in [3.8, 4) is 0 Å². The van der Waals surface area contributed by atoms with E-state index in [1.165, 1.54) is 5.57 Å². The fourth-order valence-electron chi connectivity index (χ4n) is 2.47. The molecule has 1 nitrogen and oxygen atoms in total. The van der Waals surface area contributed by atoms with Gasteiger partial charge in [-0.3, -0.25) is 4.79 Å². The summed E-state index contributed by atoms with van der Waals surface area (Å²) in [6.07, 6.45) is 5.06. The standard InChI is InChI=1S/C13H22O/c1-5-7-10-11(8-6-2)13(3,4)9-12(10)14/h5-9H2,1-4H3. The van der Waals surface area contributed by atoms with Crippen molar-refractivity contribution in [3.05, 3.63) is 11.1 Å². The van der Waals surface area contributed by atoms with Crippen molar-refractivity contribution < 1.29 is 4.79 Å². The molecule has 0 saturated heterocycles. The van der Waals surface area contributed by atoms with E-state index in [0.717, 1.165) is 37.7 Å². The third kappa shape index (κ3) is 2.08. The van der Waals surface area contributed by atoms with Gasteiger partial charge in [0.15, 0.2) is 5.78 Å². The lowest BCUT2D eigenvalue weighted by Crippen LogP contribution is -2.11. The third-order valence-corrected chi connectivity index (χ3v) is 3.12. The molecule has 0 aromatic rings. The molecule has 0 spiro atoms. The number of carbonyl (C=O) groups is 1. The highest BCUT2D eigenvalue weighted by molar-refractivity contribution is 5.99. The van der Waals surface area contributed by atoms with E-state index < -0.39 is 0 Å². The Morgan fingerprint density at radius 3 is 2.21 bits per heavy atom. The van der Waals surface area contributed by atoms with E-state index in [-0.39, 0.29) is 5.41 Å². The van der Waals surface area contributed by atoms with Gasteiger partial charge in [-0.2, -0.15) is 0 Å². The van der Waals surface area contributed by atoms with Crippen LogP contribution in [0.15, 0.2) is 11.1 Å². The molecule has 1 rings (SSSR count). The summed E-state index contributed by atoms with van der Waals surface area (Å²) in [5.41, 5.74) is 2.73. The Morgan fingerprint density at radius 1 is 1.14 bits per heavy atom. The maximum absolute atomic E-state index is 11.8. The number of allylic oxidation sites excluding steroid dienone is 2. The molecular weight excluding hydrogens is 172 g/mol. The summed E-state index contributed by atoms with van der Waals surface area (Å²) in [5, 5.41) is 0. The Bertz CT molecular complexity index is 258. The number of hydrogen-bond donors (Lipinski definition) is 0. The first-order valence-electron chi connectivity index (χ1n) is 5.78. The third-order valence-electron chi connectivity index (χ3n) is 3.12. The van der Waals surface area contributed by atoms with Crippen molar-refractivity contribution >= 4 is 5.78 Å². The Balaban J connectivity index is 2.98. The SMILES string of the molecule is CCCC1=C(CCC)C(C)(C)CC1=O. The number of Topliss-reactive ketones (excluding diaryl/α,β-unsaturated/α-hetero) is 1. The minimum absolute atomic E-state index is 0.137. The van der Waals surface area contributed by atoms with Gasteiger partial charge in [0.25, 0.3) is 0 Å². The maximum atomic E-state index is 11.8. The van der Waals surface area contributed by atoms with Crippen molar-refractivity contribution in [2.24, 2.45) is 5.41 Å². The molecule has 1 aliphatic carbocycles. The minimum Gasteiger partial charge on any atom is -0.295 e. The number of carbonyl (C=O) groups excluding carboxylic acids is 1. The lowest BCUT2D eigenvalue weighted by molar-refractivity contribution is -0.116. The first-order valence-corrected chi connectivity index (χ1v) is 5.78. The van der Waals surface area contributed by atoms with Crippen LogP contribution in [0.2, 0.25) is 0 Å². The topological polar surface area (TPSA) is 17.1 Å². The van der Waals surface area contributed by atoms with Crippen LogP contribution in [0.25, 0.3) is 0 Å². The summed E-state index contributed by atoms with van der Waals surface area (Å²) in [6.45, 7) is 8.75. The van der Waals surface area contributed by atoms with Crippen molar-refractivity contribution in [3.63, 3.8) is 0 Å². The molecule has 0 aromatic carbocycles. The highest BCUT2D eigenvalue weighted by Crippen LogP contribution is 2.43. The summed E-state index contributed by atoms with van der Waals surface area (Å²) in [4.78, 5) is 11.8. The van der Waals surface area contributed by atoms with Crippen LogP contribution in [0.4, 0.5) is 0 Å². The second kappa shape index (κ2) is 4.29.